The lowest BCUT2D eigenvalue weighted by Gasteiger charge is -2.22. The SMILES string of the molecule is CC(CNC(=O)OC(C)(C)C)NC(C)c1cc(Br)cs1. The van der Waals surface area contributed by atoms with Crippen LogP contribution in [0.2, 0.25) is 0 Å². The number of ether oxygens (including phenoxy) is 1. The molecule has 0 fully saturated rings. The monoisotopic (exact) mass is 362 g/mol. The van der Waals surface area contributed by atoms with Crippen LogP contribution in [0.1, 0.15) is 45.5 Å². The van der Waals surface area contributed by atoms with Gasteiger partial charge in [0.1, 0.15) is 5.60 Å². The third kappa shape index (κ3) is 6.72. The summed E-state index contributed by atoms with van der Waals surface area (Å²) in [4.78, 5) is 12.8. The van der Waals surface area contributed by atoms with Gasteiger partial charge in [0.05, 0.1) is 0 Å². The van der Waals surface area contributed by atoms with Crippen molar-refractivity contribution in [1.82, 2.24) is 10.6 Å². The number of carbonyl (C=O) groups is 1. The molecule has 0 saturated carbocycles. The molecule has 0 aliphatic heterocycles. The fourth-order valence-corrected chi connectivity index (χ4v) is 3.14. The van der Waals surface area contributed by atoms with Gasteiger partial charge in [0.15, 0.2) is 0 Å². The Bertz CT molecular complexity index is 443. The summed E-state index contributed by atoms with van der Waals surface area (Å²) in [5.74, 6) is 0. The number of hydrogen-bond donors (Lipinski definition) is 2. The minimum absolute atomic E-state index is 0.165. The van der Waals surface area contributed by atoms with E-state index in [0.717, 1.165) is 4.47 Å². The van der Waals surface area contributed by atoms with Gasteiger partial charge in [0.2, 0.25) is 0 Å². The Morgan fingerprint density at radius 3 is 2.60 bits per heavy atom. The second kappa shape index (κ2) is 7.43. The Labute approximate surface area is 133 Å². The Balaban J connectivity index is 2.33. The van der Waals surface area contributed by atoms with Crippen molar-refractivity contribution in [2.45, 2.75) is 52.3 Å². The topological polar surface area (TPSA) is 50.4 Å². The fourth-order valence-electron chi connectivity index (χ4n) is 1.67. The molecule has 0 aliphatic carbocycles. The summed E-state index contributed by atoms with van der Waals surface area (Å²) in [5, 5.41) is 8.29. The predicted molar refractivity (Wildman–Crippen MR) is 87.3 cm³/mol. The van der Waals surface area contributed by atoms with E-state index in [9.17, 15) is 4.79 Å². The Morgan fingerprint density at radius 1 is 1.45 bits per heavy atom. The molecule has 114 valence electrons. The molecule has 0 saturated heterocycles. The van der Waals surface area contributed by atoms with Crippen molar-refractivity contribution in [1.29, 1.82) is 0 Å². The van der Waals surface area contributed by atoms with E-state index >= 15 is 0 Å². The van der Waals surface area contributed by atoms with E-state index < -0.39 is 5.60 Å². The molecule has 1 aromatic heterocycles. The second-order valence-corrected chi connectivity index (χ2v) is 7.70. The highest BCUT2D eigenvalue weighted by atomic mass is 79.9. The number of carbonyl (C=O) groups excluding carboxylic acids is 1. The summed E-state index contributed by atoms with van der Waals surface area (Å²) in [6, 6.07) is 2.52. The first-order valence-electron chi connectivity index (χ1n) is 6.64. The van der Waals surface area contributed by atoms with Gasteiger partial charge in [0, 0.05) is 33.4 Å². The largest absolute Gasteiger partial charge is 0.444 e. The zero-order chi connectivity index (χ0) is 15.3. The number of hydrogen-bond acceptors (Lipinski definition) is 4. The molecule has 1 rings (SSSR count). The zero-order valence-electron chi connectivity index (χ0n) is 12.6. The molecule has 0 radical (unpaired) electrons. The van der Waals surface area contributed by atoms with Crippen LogP contribution in [0.3, 0.4) is 0 Å². The molecule has 0 aromatic carbocycles. The first-order chi connectivity index (χ1) is 9.17. The molecule has 4 nitrogen and oxygen atoms in total. The lowest BCUT2D eigenvalue weighted by Crippen LogP contribution is -2.41. The lowest BCUT2D eigenvalue weighted by molar-refractivity contribution is 0.0522. The maximum atomic E-state index is 11.6. The third-order valence-electron chi connectivity index (χ3n) is 2.50. The normalized spacial score (nSPS) is 14.7. The molecule has 1 aromatic rings. The minimum Gasteiger partial charge on any atom is -0.444 e. The average Bonchev–Trinajstić information content (AvgIpc) is 2.71. The molecule has 1 amide bonds. The van der Waals surface area contributed by atoms with Crippen molar-refractivity contribution in [3.05, 3.63) is 20.8 Å². The number of amides is 1. The van der Waals surface area contributed by atoms with E-state index in [2.05, 4.69) is 44.9 Å². The van der Waals surface area contributed by atoms with E-state index in [0.29, 0.717) is 6.54 Å². The van der Waals surface area contributed by atoms with Crippen LogP contribution >= 0.6 is 27.3 Å². The molecule has 2 N–H and O–H groups in total. The van der Waals surface area contributed by atoms with E-state index in [-0.39, 0.29) is 18.2 Å². The second-order valence-electron chi connectivity index (χ2n) is 5.84. The van der Waals surface area contributed by atoms with Gasteiger partial charge in [-0.25, -0.2) is 4.79 Å². The standard InChI is InChI=1S/C14H23BrN2O2S/c1-9(7-16-13(18)19-14(3,4)5)17-10(2)12-6-11(15)8-20-12/h6,8-10,17H,7H2,1-5H3,(H,16,18). The Hall–Kier alpha value is -0.590. The van der Waals surface area contributed by atoms with Crippen LogP contribution in [-0.4, -0.2) is 24.3 Å². The first-order valence-corrected chi connectivity index (χ1v) is 8.31. The van der Waals surface area contributed by atoms with E-state index in [1.807, 2.05) is 27.7 Å². The summed E-state index contributed by atoms with van der Waals surface area (Å²) in [5.41, 5.74) is -0.461. The summed E-state index contributed by atoms with van der Waals surface area (Å²) in [7, 11) is 0. The van der Waals surface area contributed by atoms with Crippen LogP contribution in [0.15, 0.2) is 15.9 Å². The van der Waals surface area contributed by atoms with E-state index in [4.69, 9.17) is 4.74 Å². The van der Waals surface area contributed by atoms with E-state index in [1.165, 1.54) is 4.88 Å². The van der Waals surface area contributed by atoms with Gasteiger partial charge in [-0.05, 0) is 56.6 Å². The van der Waals surface area contributed by atoms with E-state index in [1.54, 1.807) is 11.3 Å². The van der Waals surface area contributed by atoms with Crippen LogP contribution in [0.25, 0.3) is 0 Å². The van der Waals surface area contributed by atoms with Gasteiger partial charge in [-0.1, -0.05) is 0 Å². The highest BCUT2D eigenvalue weighted by molar-refractivity contribution is 9.10. The summed E-state index contributed by atoms with van der Waals surface area (Å²) in [6.45, 7) is 10.2. The Morgan fingerprint density at radius 2 is 2.10 bits per heavy atom. The van der Waals surface area contributed by atoms with Crippen LogP contribution in [0, 0.1) is 0 Å². The molecule has 0 spiro atoms. The number of halogens is 1. The molecule has 1 heterocycles. The van der Waals surface area contributed by atoms with Crippen molar-refractivity contribution in [3.63, 3.8) is 0 Å². The molecule has 0 aliphatic rings. The van der Waals surface area contributed by atoms with Gasteiger partial charge in [-0.3, -0.25) is 0 Å². The molecule has 6 heteroatoms. The fraction of sp³-hybridized carbons (Fsp3) is 0.643. The number of nitrogens with one attached hydrogen (secondary N) is 2. The zero-order valence-corrected chi connectivity index (χ0v) is 15.0. The molecule has 2 unspecified atom stereocenters. The Kier molecular flexibility index (Phi) is 6.48. The quantitative estimate of drug-likeness (QED) is 0.829. The number of thiophene rings is 1. The predicted octanol–water partition coefficient (Wildman–Crippen LogP) is 4.07. The molecule has 20 heavy (non-hydrogen) atoms. The summed E-state index contributed by atoms with van der Waals surface area (Å²) >= 11 is 5.16. The third-order valence-corrected chi connectivity index (χ3v) is 4.38. The molecule has 0 bridgehead atoms. The van der Waals surface area contributed by atoms with Crippen molar-refractivity contribution in [2.24, 2.45) is 0 Å². The first kappa shape index (κ1) is 17.5. The van der Waals surface area contributed by atoms with Crippen LogP contribution < -0.4 is 10.6 Å². The average molecular weight is 363 g/mol. The smallest absolute Gasteiger partial charge is 0.407 e. The lowest BCUT2D eigenvalue weighted by atomic mass is 10.2. The van der Waals surface area contributed by atoms with Gasteiger partial charge < -0.3 is 15.4 Å². The van der Waals surface area contributed by atoms with Crippen molar-refractivity contribution < 1.29 is 9.53 Å². The number of alkyl carbamates (subject to hydrolysis) is 1. The minimum atomic E-state index is -0.461. The molecule has 2 atom stereocenters. The summed E-state index contributed by atoms with van der Waals surface area (Å²) in [6.07, 6.45) is -0.377. The highest BCUT2D eigenvalue weighted by Gasteiger charge is 2.17. The summed E-state index contributed by atoms with van der Waals surface area (Å²) < 4.78 is 6.30. The maximum Gasteiger partial charge on any atom is 0.407 e. The molecular weight excluding hydrogens is 340 g/mol. The number of rotatable bonds is 5. The van der Waals surface area contributed by atoms with Gasteiger partial charge in [-0.2, -0.15) is 0 Å². The van der Waals surface area contributed by atoms with Gasteiger partial charge in [-0.15, -0.1) is 11.3 Å². The van der Waals surface area contributed by atoms with Crippen molar-refractivity contribution in [2.75, 3.05) is 6.54 Å². The van der Waals surface area contributed by atoms with Crippen molar-refractivity contribution in [3.8, 4) is 0 Å². The highest BCUT2D eigenvalue weighted by Crippen LogP contribution is 2.25. The van der Waals surface area contributed by atoms with Crippen molar-refractivity contribution >= 4 is 33.4 Å². The van der Waals surface area contributed by atoms with Crippen LogP contribution in [0.4, 0.5) is 4.79 Å². The molecular formula is C14H23BrN2O2S. The maximum absolute atomic E-state index is 11.6. The van der Waals surface area contributed by atoms with Crippen LogP contribution in [0.5, 0.6) is 0 Å². The van der Waals surface area contributed by atoms with Crippen LogP contribution in [-0.2, 0) is 4.74 Å². The van der Waals surface area contributed by atoms with Gasteiger partial charge >= 0.3 is 6.09 Å². The van der Waals surface area contributed by atoms with Gasteiger partial charge in [0.25, 0.3) is 0 Å².